The summed E-state index contributed by atoms with van der Waals surface area (Å²) in [5.41, 5.74) is 0.775. The molecule has 88 valence electrons. The monoisotopic (exact) mass is 377 g/mol. The smallest absolute Gasteiger partial charge is 0.215 e. The van der Waals surface area contributed by atoms with Crippen LogP contribution < -0.4 is 0 Å². The van der Waals surface area contributed by atoms with Gasteiger partial charge in [0.2, 0.25) is 5.78 Å². The number of aryl methyl sites for hydroxylation is 1. The van der Waals surface area contributed by atoms with Crippen molar-refractivity contribution in [3.63, 3.8) is 0 Å². The van der Waals surface area contributed by atoms with Crippen molar-refractivity contribution in [2.45, 2.75) is 0 Å². The first-order valence-electron chi connectivity index (χ1n) is 4.56. The molecule has 0 aliphatic rings. The number of ketones is 1. The predicted molar refractivity (Wildman–Crippen MR) is 71.3 cm³/mol. The largest absolute Gasteiger partial charge is 0.287 e. The third-order valence-electron chi connectivity index (χ3n) is 2.20. The molecule has 0 saturated heterocycles. The molecule has 7 heteroatoms. The first-order chi connectivity index (χ1) is 8.02. The summed E-state index contributed by atoms with van der Waals surface area (Å²) in [6.45, 7) is 0. The van der Waals surface area contributed by atoms with Crippen LogP contribution >= 0.6 is 43.5 Å². The van der Waals surface area contributed by atoms with E-state index < -0.39 is 0 Å². The SMILES string of the molecule is Cn1nnc(Br)c1C(=O)c1cccc(Br)c1Cl. The Morgan fingerprint density at radius 1 is 1.41 bits per heavy atom. The quantitative estimate of drug-likeness (QED) is 0.753. The Balaban J connectivity index is 2.55. The Bertz CT molecular complexity index is 578. The average molecular weight is 379 g/mol. The van der Waals surface area contributed by atoms with Gasteiger partial charge in [0.1, 0.15) is 5.69 Å². The van der Waals surface area contributed by atoms with E-state index in [1.807, 2.05) is 0 Å². The summed E-state index contributed by atoms with van der Waals surface area (Å²) in [6.07, 6.45) is 0. The Hall–Kier alpha value is -0.720. The average Bonchev–Trinajstić information content (AvgIpc) is 2.62. The second kappa shape index (κ2) is 4.88. The van der Waals surface area contributed by atoms with Crippen LogP contribution in [0, 0.1) is 0 Å². The second-order valence-corrected chi connectivity index (χ2v) is 5.27. The molecule has 0 N–H and O–H groups in total. The fraction of sp³-hybridized carbons (Fsp3) is 0.100. The number of rotatable bonds is 2. The number of carbonyl (C=O) groups excluding carboxylic acids is 1. The molecule has 0 saturated carbocycles. The van der Waals surface area contributed by atoms with E-state index in [9.17, 15) is 4.79 Å². The van der Waals surface area contributed by atoms with Gasteiger partial charge in [0.25, 0.3) is 0 Å². The lowest BCUT2D eigenvalue weighted by molar-refractivity contribution is 0.102. The zero-order valence-electron chi connectivity index (χ0n) is 8.62. The van der Waals surface area contributed by atoms with Gasteiger partial charge in [0.05, 0.1) is 5.02 Å². The highest BCUT2D eigenvalue weighted by atomic mass is 79.9. The molecule has 1 aromatic heterocycles. The molecular weight excluding hydrogens is 373 g/mol. The molecule has 0 spiro atoms. The van der Waals surface area contributed by atoms with E-state index >= 15 is 0 Å². The zero-order valence-corrected chi connectivity index (χ0v) is 12.5. The maximum absolute atomic E-state index is 12.3. The number of hydrogen-bond donors (Lipinski definition) is 0. The lowest BCUT2D eigenvalue weighted by Crippen LogP contribution is -2.09. The van der Waals surface area contributed by atoms with E-state index in [0.29, 0.717) is 25.4 Å². The van der Waals surface area contributed by atoms with Crippen molar-refractivity contribution in [3.05, 3.63) is 43.6 Å². The molecule has 0 bridgehead atoms. The Morgan fingerprint density at radius 2 is 2.12 bits per heavy atom. The van der Waals surface area contributed by atoms with Gasteiger partial charge < -0.3 is 0 Å². The maximum Gasteiger partial charge on any atom is 0.215 e. The Labute approximate surface area is 119 Å². The number of nitrogens with zero attached hydrogens (tertiary/aromatic N) is 3. The van der Waals surface area contributed by atoms with E-state index in [0.717, 1.165) is 0 Å². The summed E-state index contributed by atoms with van der Waals surface area (Å²) in [6, 6.07) is 5.19. The summed E-state index contributed by atoms with van der Waals surface area (Å²) in [5, 5.41) is 7.91. The number of aromatic nitrogens is 3. The Kier molecular flexibility index (Phi) is 3.65. The minimum absolute atomic E-state index is 0.226. The molecule has 1 heterocycles. The van der Waals surface area contributed by atoms with Gasteiger partial charge in [-0.05, 0) is 44.0 Å². The van der Waals surface area contributed by atoms with Crippen molar-refractivity contribution in [2.24, 2.45) is 7.05 Å². The minimum Gasteiger partial charge on any atom is -0.287 e. The highest BCUT2D eigenvalue weighted by Crippen LogP contribution is 2.28. The zero-order chi connectivity index (χ0) is 12.6. The van der Waals surface area contributed by atoms with Crippen LogP contribution in [0.4, 0.5) is 0 Å². The highest BCUT2D eigenvalue weighted by molar-refractivity contribution is 9.10. The highest BCUT2D eigenvalue weighted by Gasteiger charge is 2.21. The lowest BCUT2D eigenvalue weighted by Gasteiger charge is -2.05. The van der Waals surface area contributed by atoms with E-state index in [4.69, 9.17) is 11.6 Å². The first-order valence-corrected chi connectivity index (χ1v) is 6.52. The molecule has 0 radical (unpaired) electrons. The topological polar surface area (TPSA) is 47.8 Å². The minimum atomic E-state index is -0.226. The Morgan fingerprint density at radius 3 is 2.71 bits per heavy atom. The third-order valence-corrected chi connectivity index (χ3v) is 4.03. The van der Waals surface area contributed by atoms with Gasteiger partial charge in [0, 0.05) is 17.1 Å². The summed E-state index contributed by atoms with van der Waals surface area (Å²) in [7, 11) is 1.65. The fourth-order valence-corrected chi connectivity index (χ4v) is 2.46. The van der Waals surface area contributed by atoms with Gasteiger partial charge >= 0.3 is 0 Å². The van der Waals surface area contributed by atoms with Crippen molar-refractivity contribution < 1.29 is 4.79 Å². The van der Waals surface area contributed by atoms with Crippen LogP contribution in [0.15, 0.2) is 27.3 Å². The van der Waals surface area contributed by atoms with E-state index in [-0.39, 0.29) is 5.78 Å². The number of halogens is 3. The van der Waals surface area contributed by atoms with Crippen LogP contribution in [0.3, 0.4) is 0 Å². The number of hydrogen-bond acceptors (Lipinski definition) is 3. The first kappa shape index (κ1) is 12.7. The van der Waals surface area contributed by atoms with Gasteiger partial charge in [-0.1, -0.05) is 22.9 Å². The van der Waals surface area contributed by atoms with Gasteiger partial charge in [-0.3, -0.25) is 4.79 Å². The van der Waals surface area contributed by atoms with Gasteiger partial charge in [-0.25, -0.2) is 4.68 Å². The van der Waals surface area contributed by atoms with Gasteiger partial charge in [0.15, 0.2) is 4.60 Å². The summed E-state index contributed by atoms with van der Waals surface area (Å²) in [4.78, 5) is 12.3. The van der Waals surface area contributed by atoms with E-state index in [1.54, 1.807) is 25.2 Å². The number of benzene rings is 1. The van der Waals surface area contributed by atoms with E-state index in [1.165, 1.54) is 4.68 Å². The fourth-order valence-electron chi connectivity index (χ4n) is 1.38. The maximum atomic E-state index is 12.3. The lowest BCUT2D eigenvalue weighted by atomic mass is 10.1. The normalized spacial score (nSPS) is 10.6. The van der Waals surface area contributed by atoms with Gasteiger partial charge in [-0.15, -0.1) is 5.10 Å². The molecule has 4 nitrogen and oxygen atoms in total. The van der Waals surface area contributed by atoms with Gasteiger partial charge in [-0.2, -0.15) is 0 Å². The van der Waals surface area contributed by atoms with Crippen LogP contribution in [0.2, 0.25) is 5.02 Å². The van der Waals surface area contributed by atoms with Crippen LogP contribution in [-0.2, 0) is 7.05 Å². The molecule has 0 fully saturated rings. The van der Waals surface area contributed by atoms with Crippen LogP contribution in [0.25, 0.3) is 0 Å². The third kappa shape index (κ3) is 2.29. The second-order valence-electron chi connectivity index (χ2n) is 3.28. The molecule has 17 heavy (non-hydrogen) atoms. The summed E-state index contributed by atoms with van der Waals surface area (Å²) < 4.78 is 2.49. The summed E-state index contributed by atoms with van der Waals surface area (Å²) >= 11 is 12.5. The van der Waals surface area contributed by atoms with Crippen molar-refractivity contribution >= 4 is 49.2 Å². The van der Waals surface area contributed by atoms with Crippen molar-refractivity contribution in [1.29, 1.82) is 0 Å². The van der Waals surface area contributed by atoms with Crippen LogP contribution in [0.5, 0.6) is 0 Å². The molecular formula is C10H6Br2ClN3O. The molecule has 0 atom stereocenters. The molecule has 0 aliphatic carbocycles. The van der Waals surface area contributed by atoms with Crippen LogP contribution in [-0.4, -0.2) is 20.8 Å². The van der Waals surface area contributed by atoms with E-state index in [2.05, 4.69) is 42.2 Å². The molecule has 0 aliphatic heterocycles. The molecule has 2 aromatic rings. The molecule has 0 amide bonds. The van der Waals surface area contributed by atoms with Crippen molar-refractivity contribution in [2.75, 3.05) is 0 Å². The van der Waals surface area contributed by atoms with Crippen LogP contribution in [0.1, 0.15) is 16.1 Å². The van der Waals surface area contributed by atoms with Crippen molar-refractivity contribution in [1.82, 2.24) is 15.0 Å². The predicted octanol–water partition coefficient (Wildman–Crippen LogP) is 3.22. The summed E-state index contributed by atoms with van der Waals surface area (Å²) in [5.74, 6) is -0.226. The molecule has 2 rings (SSSR count). The standard InChI is InChI=1S/C10H6Br2ClN3O/c1-16-8(10(12)14-15-16)9(17)5-3-2-4-6(11)7(5)13/h2-4H,1H3. The number of carbonyl (C=O) groups is 1. The molecule has 0 unspecified atom stereocenters. The van der Waals surface area contributed by atoms with Crippen molar-refractivity contribution in [3.8, 4) is 0 Å². The molecule has 1 aromatic carbocycles.